The number of fused-ring (bicyclic) bond motifs is 1. The van der Waals surface area contributed by atoms with Crippen LogP contribution in [-0.2, 0) is 0 Å². The summed E-state index contributed by atoms with van der Waals surface area (Å²) in [6, 6.07) is 8.14. The average molecular weight is 218 g/mol. The van der Waals surface area contributed by atoms with Crippen LogP contribution in [0.5, 0.6) is 5.75 Å². The number of aliphatic hydroxyl groups is 1. The summed E-state index contributed by atoms with van der Waals surface area (Å²) in [5.74, 6) is 1.78. The first-order valence-corrected chi connectivity index (χ1v) is 6.26. The van der Waals surface area contributed by atoms with Crippen molar-refractivity contribution in [1.82, 2.24) is 0 Å². The summed E-state index contributed by atoms with van der Waals surface area (Å²) in [5, 5.41) is 10.4. The lowest BCUT2D eigenvalue weighted by atomic mass is 9.73. The van der Waals surface area contributed by atoms with E-state index < -0.39 is 0 Å². The molecule has 1 N–H and O–H groups in total. The van der Waals surface area contributed by atoms with E-state index in [1.807, 2.05) is 18.2 Å². The molecule has 0 aromatic heterocycles. The molecule has 0 spiro atoms. The lowest BCUT2D eigenvalue weighted by Crippen LogP contribution is -2.34. The normalized spacial score (nSPS) is 26.4. The van der Waals surface area contributed by atoms with Crippen molar-refractivity contribution in [2.75, 3.05) is 6.61 Å². The second-order valence-electron chi connectivity index (χ2n) is 4.96. The van der Waals surface area contributed by atoms with Crippen LogP contribution in [-0.4, -0.2) is 17.8 Å². The number of para-hydroxylation sites is 1. The van der Waals surface area contributed by atoms with Gasteiger partial charge in [0.2, 0.25) is 0 Å². The van der Waals surface area contributed by atoms with E-state index in [4.69, 9.17) is 4.74 Å². The first kappa shape index (κ1) is 10.2. The topological polar surface area (TPSA) is 29.5 Å². The van der Waals surface area contributed by atoms with E-state index in [9.17, 15) is 5.11 Å². The molecule has 3 rings (SSSR count). The second kappa shape index (κ2) is 4.10. The molecule has 1 aliphatic carbocycles. The third-order valence-electron chi connectivity index (χ3n) is 4.05. The number of hydrogen-bond acceptors (Lipinski definition) is 2. The highest BCUT2D eigenvalue weighted by Gasteiger charge is 2.35. The Hall–Kier alpha value is -1.02. The fourth-order valence-electron chi connectivity index (χ4n) is 2.83. The summed E-state index contributed by atoms with van der Waals surface area (Å²) in [4.78, 5) is 0. The summed E-state index contributed by atoms with van der Waals surface area (Å²) >= 11 is 0. The predicted molar refractivity (Wildman–Crippen MR) is 62.6 cm³/mol. The quantitative estimate of drug-likeness (QED) is 0.827. The van der Waals surface area contributed by atoms with Crippen molar-refractivity contribution in [2.24, 2.45) is 5.92 Å². The van der Waals surface area contributed by atoms with Gasteiger partial charge in [-0.3, -0.25) is 0 Å². The van der Waals surface area contributed by atoms with Crippen LogP contribution in [0.2, 0.25) is 0 Å². The molecule has 16 heavy (non-hydrogen) atoms. The van der Waals surface area contributed by atoms with Gasteiger partial charge in [-0.2, -0.15) is 0 Å². The van der Waals surface area contributed by atoms with E-state index in [0.717, 1.165) is 18.8 Å². The van der Waals surface area contributed by atoms with Gasteiger partial charge >= 0.3 is 0 Å². The fraction of sp³-hybridized carbons (Fsp3) is 0.571. The molecule has 2 heteroatoms. The Kier molecular flexibility index (Phi) is 2.60. The van der Waals surface area contributed by atoms with E-state index in [2.05, 4.69) is 6.07 Å². The van der Waals surface area contributed by atoms with Crippen molar-refractivity contribution in [3.05, 3.63) is 29.8 Å². The van der Waals surface area contributed by atoms with Crippen molar-refractivity contribution in [3.8, 4) is 5.75 Å². The van der Waals surface area contributed by atoms with Crippen molar-refractivity contribution >= 4 is 0 Å². The smallest absolute Gasteiger partial charge is 0.122 e. The van der Waals surface area contributed by atoms with E-state index in [1.165, 1.54) is 24.8 Å². The molecule has 1 saturated carbocycles. The molecule has 0 saturated heterocycles. The summed E-state index contributed by atoms with van der Waals surface area (Å²) in [6.45, 7) is 0.742. The summed E-state index contributed by atoms with van der Waals surface area (Å²) in [5.41, 5.74) is 1.20. The number of ether oxygens (including phenoxy) is 1. The Morgan fingerprint density at radius 1 is 1.19 bits per heavy atom. The van der Waals surface area contributed by atoms with Gasteiger partial charge in [0.15, 0.2) is 0 Å². The molecule has 0 amide bonds. The third-order valence-corrected chi connectivity index (χ3v) is 4.05. The lowest BCUT2D eigenvalue weighted by Gasteiger charge is -2.37. The number of rotatable bonds is 2. The minimum atomic E-state index is -0.168. The predicted octanol–water partition coefficient (Wildman–Crippen LogP) is 2.71. The molecular formula is C14H18O2. The van der Waals surface area contributed by atoms with Crippen molar-refractivity contribution in [2.45, 2.75) is 37.7 Å². The molecule has 2 nitrogen and oxygen atoms in total. The van der Waals surface area contributed by atoms with Gasteiger partial charge < -0.3 is 9.84 Å². The first-order chi connectivity index (χ1) is 7.86. The van der Waals surface area contributed by atoms with Gasteiger partial charge in [-0.25, -0.2) is 0 Å². The van der Waals surface area contributed by atoms with Crippen LogP contribution in [0.3, 0.4) is 0 Å². The maximum atomic E-state index is 10.4. The molecule has 0 radical (unpaired) electrons. The van der Waals surface area contributed by atoms with Crippen LogP contribution in [0.1, 0.15) is 37.2 Å². The van der Waals surface area contributed by atoms with Crippen LogP contribution in [0.4, 0.5) is 0 Å². The van der Waals surface area contributed by atoms with Crippen LogP contribution < -0.4 is 4.74 Å². The van der Waals surface area contributed by atoms with Gasteiger partial charge in [0.1, 0.15) is 5.75 Å². The van der Waals surface area contributed by atoms with Gasteiger partial charge in [0.25, 0.3) is 0 Å². The molecular weight excluding hydrogens is 200 g/mol. The molecule has 2 unspecified atom stereocenters. The largest absolute Gasteiger partial charge is 0.493 e. The SMILES string of the molecule is OC(C1CCC1)C1CCOc2ccccc21. The van der Waals surface area contributed by atoms with Crippen LogP contribution in [0.25, 0.3) is 0 Å². The maximum absolute atomic E-state index is 10.4. The van der Waals surface area contributed by atoms with E-state index in [0.29, 0.717) is 5.92 Å². The zero-order valence-corrected chi connectivity index (χ0v) is 9.43. The maximum Gasteiger partial charge on any atom is 0.122 e. The Morgan fingerprint density at radius 3 is 2.75 bits per heavy atom. The van der Waals surface area contributed by atoms with E-state index >= 15 is 0 Å². The Balaban J connectivity index is 1.86. The molecule has 1 aromatic rings. The molecule has 2 atom stereocenters. The Labute approximate surface area is 96.2 Å². The molecule has 0 bridgehead atoms. The molecule has 1 heterocycles. The molecule has 1 aliphatic heterocycles. The molecule has 1 fully saturated rings. The number of hydrogen-bond donors (Lipinski definition) is 1. The average Bonchev–Trinajstić information content (AvgIpc) is 2.26. The Bertz CT molecular complexity index is 371. The number of benzene rings is 1. The van der Waals surface area contributed by atoms with Gasteiger partial charge in [-0.05, 0) is 36.8 Å². The highest BCUT2D eigenvalue weighted by atomic mass is 16.5. The summed E-state index contributed by atoms with van der Waals surface area (Å²) in [7, 11) is 0. The fourth-order valence-corrected chi connectivity index (χ4v) is 2.83. The zero-order chi connectivity index (χ0) is 11.0. The standard InChI is InChI=1S/C14H18O2/c15-14(10-4-3-5-10)12-8-9-16-13-7-2-1-6-11(12)13/h1-2,6-7,10,12,14-15H,3-5,8-9H2. The highest BCUT2D eigenvalue weighted by molar-refractivity contribution is 5.38. The third kappa shape index (κ3) is 1.61. The summed E-state index contributed by atoms with van der Waals surface area (Å²) in [6.07, 6.45) is 4.46. The minimum absolute atomic E-state index is 0.168. The Morgan fingerprint density at radius 2 is 2.00 bits per heavy atom. The lowest BCUT2D eigenvalue weighted by molar-refractivity contribution is 0.0282. The molecule has 1 aromatic carbocycles. The van der Waals surface area contributed by atoms with Gasteiger partial charge in [0.05, 0.1) is 12.7 Å². The van der Waals surface area contributed by atoms with E-state index in [1.54, 1.807) is 0 Å². The van der Waals surface area contributed by atoms with Crippen molar-refractivity contribution < 1.29 is 9.84 Å². The van der Waals surface area contributed by atoms with E-state index in [-0.39, 0.29) is 12.0 Å². The molecule has 86 valence electrons. The summed E-state index contributed by atoms with van der Waals surface area (Å²) < 4.78 is 5.62. The zero-order valence-electron chi connectivity index (χ0n) is 9.43. The monoisotopic (exact) mass is 218 g/mol. The number of aliphatic hydroxyl groups excluding tert-OH is 1. The van der Waals surface area contributed by atoms with Gasteiger partial charge in [-0.1, -0.05) is 24.6 Å². The van der Waals surface area contributed by atoms with Gasteiger partial charge in [0, 0.05) is 5.92 Å². The van der Waals surface area contributed by atoms with Crippen LogP contribution in [0, 0.1) is 5.92 Å². The minimum Gasteiger partial charge on any atom is -0.493 e. The second-order valence-corrected chi connectivity index (χ2v) is 4.96. The van der Waals surface area contributed by atoms with Crippen molar-refractivity contribution in [1.29, 1.82) is 0 Å². The van der Waals surface area contributed by atoms with Crippen LogP contribution in [0.15, 0.2) is 24.3 Å². The van der Waals surface area contributed by atoms with Crippen LogP contribution >= 0.6 is 0 Å². The first-order valence-electron chi connectivity index (χ1n) is 6.26. The van der Waals surface area contributed by atoms with Crippen molar-refractivity contribution in [3.63, 3.8) is 0 Å². The molecule has 2 aliphatic rings. The van der Waals surface area contributed by atoms with Gasteiger partial charge in [-0.15, -0.1) is 0 Å². The highest BCUT2D eigenvalue weighted by Crippen LogP contribution is 2.42.